The predicted octanol–water partition coefficient (Wildman–Crippen LogP) is 3.67. The number of ether oxygens (including phenoxy) is 1. The average Bonchev–Trinajstić information content (AvgIpc) is 2.88. The van der Waals surface area contributed by atoms with E-state index in [9.17, 15) is 14.4 Å². The van der Waals surface area contributed by atoms with Crippen LogP contribution in [-0.2, 0) is 11.3 Å². The third-order valence-electron chi connectivity index (χ3n) is 6.51. The van der Waals surface area contributed by atoms with Crippen LogP contribution < -0.4 is 21.2 Å². The summed E-state index contributed by atoms with van der Waals surface area (Å²) in [7, 11) is 0. The highest BCUT2D eigenvalue weighted by molar-refractivity contribution is 5.96. The Kier molecular flexibility index (Phi) is 6.62. The highest BCUT2D eigenvalue weighted by Gasteiger charge is 2.19. The van der Waals surface area contributed by atoms with Crippen molar-refractivity contribution in [2.24, 2.45) is 0 Å². The van der Waals surface area contributed by atoms with Crippen molar-refractivity contribution < 1.29 is 18.3 Å². The van der Waals surface area contributed by atoms with Gasteiger partial charge in [-0.05, 0) is 43.7 Å². The van der Waals surface area contributed by atoms with Crippen LogP contribution in [0.25, 0.3) is 22.1 Å². The number of H-pyrrole nitrogens is 1. The highest BCUT2D eigenvalue weighted by Crippen LogP contribution is 2.32. The van der Waals surface area contributed by atoms with Gasteiger partial charge in [-0.1, -0.05) is 18.2 Å². The molecule has 0 saturated carbocycles. The molecule has 0 spiro atoms. The summed E-state index contributed by atoms with van der Waals surface area (Å²) in [6, 6.07) is 12.4. The summed E-state index contributed by atoms with van der Waals surface area (Å²) in [5.74, 6) is -0.737. The molecule has 0 unspecified atom stereocenters. The van der Waals surface area contributed by atoms with Gasteiger partial charge in [-0.25, -0.2) is 4.39 Å². The number of rotatable bonds is 5. The van der Waals surface area contributed by atoms with Gasteiger partial charge in [0.15, 0.2) is 11.3 Å². The second kappa shape index (κ2) is 10.0. The standard InChI is InChI=1S/C28H26FN3O5/c1-16-12-17(2)31-28(35)22(16)15-30-27(34)18-6-7-19(23(29)13-18)20-4-3-5-21-24(33)14-25(37-26(20)21)32-8-10-36-11-9-32/h3-7,12-14H,8-11,15H2,1-2H3,(H,30,34)(H,31,35). The van der Waals surface area contributed by atoms with Crippen LogP contribution in [0.5, 0.6) is 0 Å². The van der Waals surface area contributed by atoms with Gasteiger partial charge in [0.05, 0.1) is 18.6 Å². The minimum absolute atomic E-state index is 0.0163. The zero-order valence-electron chi connectivity index (χ0n) is 20.5. The van der Waals surface area contributed by atoms with Crippen molar-refractivity contribution >= 4 is 22.8 Å². The Morgan fingerprint density at radius 1 is 1.05 bits per heavy atom. The van der Waals surface area contributed by atoms with E-state index in [2.05, 4.69) is 10.3 Å². The summed E-state index contributed by atoms with van der Waals surface area (Å²) >= 11 is 0. The number of aromatic amines is 1. The number of nitrogens with zero attached hydrogens (tertiary/aromatic N) is 1. The number of hydrogen-bond donors (Lipinski definition) is 2. The minimum atomic E-state index is -0.635. The number of hydrogen-bond acceptors (Lipinski definition) is 6. The molecule has 1 aliphatic heterocycles. The SMILES string of the molecule is Cc1cc(C)c(CNC(=O)c2ccc(-c3cccc4c(=O)cc(N5CCOCC5)oc34)c(F)c2)c(=O)[nH]1. The monoisotopic (exact) mass is 503 g/mol. The normalized spacial score (nSPS) is 13.6. The van der Waals surface area contributed by atoms with E-state index in [1.54, 1.807) is 32.0 Å². The number of para-hydroxylation sites is 1. The van der Waals surface area contributed by atoms with Crippen LogP contribution in [0.2, 0.25) is 0 Å². The van der Waals surface area contributed by atoms with Crippen molar-refractivity contribution in [3.8, 4) is 11.1 Å². The molecule has 190 valence electrons. The molecule has 2 aromatic carbocycles. The molecule has 2 N–H and O–H groups in total. The molecule has 37 heavy (non-hydrogen) atoms. The number of benzene rings is 2. The van der Waals surface area contributed by atoms with Gasteiger partial charge >= 0.3 is 0 Å². The first kappa shape index (κ1) is 24.5. The number of nitrogens with one attached hydrogen (secondary N) is 2. The van der Waals surface area contributed by atoms with Gasteiger partial charge in [-0.15, -0.1) is 0 Å². The van der Waals surface area contributed by atoms with E-state index in [1.807, 2.05) is 11.0 Å². The molecule has 1 fully saturated rings. The fourth-order valence-electron chi connectivity index (χ4n) is 4.56. The maximum absolute atomic E-state index is 15.3. The predicted molar refractivity (Wildman–Crippen MR) is 139 cm³/mol. The molecule has 0 bridgehead atoms. The number of fused-ring (bicyclic) bond motifs is 1. The molecule has 0 aliphatic carbocycles. The van der Waals surface area contributed by atoms with Gasteiger partial charge in [0.1, 0.15) is 11.4 Å². The molecule has 1 amide bonds. The molecule has 8 nitrogen and oxygen atoms in total. The van der Waals surface area contributed by atoms with E-state index in [4.69, 9.17) is 9.15 Å². The van der Waals surface area contributed by atoms with Crippen molar-refractivity contribution in [3.05, 3.63) is 97.3 Å². The van der Waals surface area contributed by atoms with Gasteiger partial charge < -0.3 is 24.4 Å². The lowest BCUT2D eigenvalue weighted by atomic mass is 10.0. The van der Waals surface area contributed by atoms with Crippen molar-refractivity contribution in [2.45, 2.75) is 20.4 Å². The number of pyridine rings is 1. The van der Waals surface area contributed by atoms with E-state index >= 15 is 4.39 Å². The Hall–Kier alpha value is -4.24. The lowest BCUT2D eigenvalue weighted by molar-refractivity contribution is 0.0950. The fourth-order valence-corrected chi connectivity index (χ4v) is 4.56. The van der Waals surface area contributed by atoms with E-state index in [1.165, 1.54) is 18.2 Å². The van der Waals surface area contributed by atoms with Gasteiger partial charge in [0.25, 0.3) is 11.5 Å². The van der Waals surface area contributed by atoms with Crippen LogP contribution >= 0.6 is 0 Å². The van der Waals surface area contributed by atoms with Crippen LogP contribution in [-0.4, -0.2) is 37.2 Å². The topological polar surface area (TPSA) is 105 Å². The van der Waals surface area contributed by atoms with E-state index in [-0.39, 0.29) is 34.2 Å². The molecule has 9 heteroatoms. The van der Waals surface area contributed by atoms with Gasteiger partial charge in [0.2, 0.25) is 0 Å². The lowest BCUT2D eigenvalue weighted by Crippen LogP contribution is -2.36. The van der Waals surface area contributed by atoms with Crippen molar-refractivity contribution in [1.82, 2.24) is 10.3 Å². The van der Waals surface area contributed by atoms with Crippen LogP contribution in [0.4, 0.5) is 10.3 Å². The van der Waals surface area contributed by atoms with Crippen LogP contribution in [0.15, 0.2) is 62.5 Å². The van der Waals surface area contributed by atoms with Crippen molar-refractivity contribution in [2.75, 3.05) is 31.2 Å². The van der Waals surface area contributed by atoms with E-state index in [0.717, 1.165) is 17.3 Å². The molecule has 0 radical (unpaired) electrons. The number of carbonyl (C=O) groups excluding carboxylic acids is 1. The molecule has 0 atom stereocenters. The molecule has 2 aromatic heterocycles. The Morgan fingerprint density at radius 2 is 1.84 bits per heavy atom. The number of morpholine rings is 1. The fraction of sp³-hybridized carbons (Fsp3) is 0.250. The zero-order valence-corrected chi connectivity index (χ0v) is 20.5. The van der Waals surface area contributed by atoms with Gasteiger partial charge in [-0.2, -0.15) is 0 Å². The Balaban J connectivity index is 1.44. The summed E-state index contributed by atoms with van der Waals surface area (Å²) in [6.07, 6.45) is 0. The van der Waals surface area contributed by atoms with Crippen LogP contribution in [0, 0.1) is 19.7 Å². The van der Waals surface area contributed by atoms with Crippen molar-refractivity contribution in [1.29, 1.82) is 0 Å². The van der Waals surface area contributed by atoms with Crippen LogP contribution in [0.1, 0.15) is 27.2 Å². The first-order valence-electron chi connectivity index (χ1n) is 12.0. The number of anilines is 1. The Labute approximate surface area is 211 Å². The molecule has 5 rings (SSSR count). The molecule has 3 heterocycles. The summed E-state index contributed by atoms with van der Waals surface area (Å²) in [5, 5.41) is 3.02. The third-order valence-corrected chi connectivity index (χ3v) is 6.51. The number of aromatic nitrogens is 1. The molecular formula is C28H26FN3O5. The maximum atomic E-state index is 15.3. The average molecular weight is 504 g/mol. The molecule has 1 aliphatic rings. The molecule has 1 saturated heterocycles. The van der Waals surface area contributed by atoms with Crippen molar-refractivity contribution in [3.63, 3.8) is 0 Å². The summed E-state index contributed by atoms with van der Waals surface area (Å²) in [6.45, 7) is 5.82. The summed E-state index contributed by atoms with van der Waals surface area (Å²) < 4.78 is 26.8. The van der Waals surface area contributed by atoms with E-state index < -0.39 is 11.7 Å². The first-order chi connectivity index (χ1) is 17.8. The third kappa shape index (κ3) is 4.90. The number of carbonyl (C=O) groups is 1. The highest BCUT2D eigenvalue weighted by atomic mass is 19.1. The van der Waals surface area contributed by atoms with Gasteiger partial charge in [0, 0.05) is 53.6 Å². The molecular weight excluding hydrogens is 477 g/mol. The van der Waals surface area contributed by atoms with Crippen LogP contribution in [0.3, 0.4) is 0 Å². The smallest absolute Gasteiger partial charge is 0.253 e. The second-order valence-electron chi connectivity index (χ2n) is 9.05. The zero-order chi connectivity index (χ0) is 26.1. The van der Waals surface area contributed by atoms with Gasteiger partial charge in [-0.3, -0.25) is 14.4 Å². The lowest BCUT2D eigenvalue weighted by Gasteiger charge is -2.27. The van der Waals surface area contributed by atoms with E-state index in [0.29, 0.717) is 48.7 Å². The second-order valence-corrected chi connectivity index (χ2v) is 9.05. The Bertz CT molecular complexity index is 1620. The minimum Gasteiger partial charge on any atom is -0.440 e. The number of aryl methyl sites for hydroxylation is 2. The summed E-state index contributed by atoms with van der Waals surface area (Å²) in [4.78, 5) is 42.4. The molecule has 4 aromatic rings. The number of amides is 1. The number of halogens is 1. The quantitative estimate of drug-likeness (QED) is 0.431. The Morgan fingerprint density at radius 3 is 2.57 bits per heavy atom. The maximum Gasteiger partial charge on any atom is 0.253 e. The summed E-state index contributed by atoms with van der Waals surface area (Å²) in [5.41, 5.74) is 2.45. The largest absolute Gasteiger partial charge is 0.440 e. The first-order valence-corrected chi connectivity index (χ1v) is 12.0.